The Morgan fingerprint density at radius 3 is 2.24 bits per heavy atom. The Morgan fingerprint density at radius 2 is 1.76 bits per heavy atom. The second kappa shape index (κ2) is 8.32. The lowest BCUT2D eigenvalue weighted by Gasteiger charge is -2.21. The molecular weight excluding hydrogens is 334 g/mol. The van der Waals surface area contributed by atoms with Crippen LogP contribution in [-0.2, 0) is 0 Å². The minimum absolute atomic E-state index is 0.112. The molecule has 3 unspecified atom stereocenters. The molecule has 0 radical (unpaired) electrons. The van der Waals surface area contributed by atoms with Crippen molar-refractivity contribution in [3.8, 4) is 5.75 Å². The van der Waals surface area contributed by atoms with Crippen LogP contribution in [0.1, 0.15) is 29.4 Å². The topological polar surface area (TPSA) is 63.9 Å². The van der Waals surface area contributed by atoms with Gasteiger partial charge in [-0.2, -0.15) is 0 Å². The van der Waals surface area contributed by atoms with E-state index in [9.17, 15) is 15.3 Å². The Bertz CT molecular complexity index is 629. The van der Waals surface area contributed by atoms with Gasteiger partial charge in [0, 0.05) is 24.5 Å². The van der Waals surface area contributed by atoms with Gasteiger partial charge in [0.2, 0.25) is 0 Å². The quantitative estimate of drug-likeness (QED) is 0.786. The molecule has 25 heavy (non-hydrogen) atoms. The van der Waals surface area contributed by atoms with Gasteiger partial charge in [0.15, 0.2) is 0 Å². The molecule has 3 N–H and O–H groups in total. The van der Waals surface area contributed by atoms with Crippen molar-refractivity contribution in [3.63, 3.8) is 0 Å². The maximum atomic E-state index is 10.2. The molecule has 1 aliphatic carbocycles. The first-order valence-corrected chi connectivity index (χ1v) is 9.76. The van der Waals surface area contributed by atoms with Crippen LogP contribution in [0.3, 0.4) is 0 Å². The number of hydrogen-bond donors (Lipinski definition) is 3. The fourth-order valence-electron chi connectivity index (χ4n) is 3.92. The molecule has 1 saturated heterocycles. The summed E-state index contributed by atoms with van der Waals surface area (Å²) in [5, 5.41) is 31.1. The molecule has 5 heteroatoms. The Hall–Kier alpha value is -1.40. The SMILES string of the molecule is Cc1cccs1.Oc1ccc(C(O)CN2CC3CC(O)CC3C2)cc1. The van der Waals surface area contributed by atoms with E-state index in [1.807, 2.05) is 0 Å². The number of hydrogen-bond acceptors (Lipinski definition) is 5. The van der Waals surface area contributed by atoms with Crippen LogP contribution in [0.25, 0.3) is 0 Å². The highest BCUT2D eigenvalue weighted by molar-refractivity contribution is 7.09. The molecule has 4 nitrogen and oxygen atoms in total. The van der Waals surface area contributed by atoms with Crippen molar-refractivity contribution in [2.24, 2.45) is 11.8 Å². The van der Waals surface area contributed by atoms with Crippen LogP contribution in [0, 0.1) is 18.8 Å². The molecule has 0 amide bonds. The van der Waals surface area contributed by atoms with Crippen molar-refractivity contribution in [3.05, 3.63) is 52.2 Å². The van der Waals surface area contributed by atoms with Gasteiger partial charge in [-0.15, -0.1) is 11.3 Å². The number of thiophene rings is 1. The molecule has 2 aromatic rings. The molecule has 0 spiro atoms. The number of aryl methyl sites for hydroxylation is 1. The Morgan fingerprint density at radius 1 is 1.12 bits per heavy atom. The van der Waals surface area contributed by atoms with Crippen molar-refractivity contribution >= 4 is 11.3 Å². The molecule has 2 fully saturated rings. The Labute approximate surface area is 153 Å². The fraction of sp³-hybridized carbons (Fsp3) is 0.500. The first kappa shape index (κ1) is 18.4. The van der Waals surface area contributed by atoms with Crippen molar-refractivity contribution in [1.82, 2.24) is 4.90 Å². The number of benzene rings is 1. The summed E-state index contributed by atoms with van der Waals surface area (Å²) < 4.78 is 0. The number of aromatic hydroxyl groups is 1. The van der Waals surface area contributed by atoms with Gasteiger partial charge in [0.05, 0.1) is 12.2 Å². The summed E-state index contributed by atoms with van der Waals surface area (Å²) in [7, 11) is 0. The second-order valence-electron chi connectivity index (χ2n) is 7.19. The number of aliphatic hydroxyl groups is 2. The highest BCUT2D eigenvalue weighted by Crippen LogP contribution is 2.38. The average Bonchev–Trinajstić information content (AvgIpc) is 3.25. The van der Waals surface area contributed by atoms with E-state index in [0.717, 1.165) is 31.5 Å². The van der Waals surface area contributed by atoms with Crippen molar-refractivity contribution in [1.29, 1.82) is 0 Å². The number of phenolic OH excluding ortho intramolecular Hbond substituents is 1. The highest BCUT2D eigenvalue weighted by Gasteiger charge is 2.40. The maximum absolute atomic E-state index is 10.2. The van der Waals surface area contributed by atoms with E-state index in [-0.39, 0.29) is 11.9 Å². The molecule has 2 heterocycles. The van der Waals surface area contributed by atoms with Crippen LogP contribution in [0.2, 0.25) is 0 Å². The van der Waals surface area contributed by atoms with E-state index < -0.39 is 6.10 Å². The van der Waals surface area contributed by atoms with Gasteiger partial charge in [-0.05, 0) is 60.7 Å². The number of β-amino-alcohol motifs (C(OH)–C–C–N with tert-alkyl or cyclic N) is 1. The van der Waals surface area contributed by atoms with E-state index >= 15 is 0 Å². The third-order valence-electron chi connectivity index (χ3n) is 5.17. The molecule has 0 bridgehead atoms. The smallest absolute Gasteiger partial charge is 0.115 e. The monoisotopic (exact) mass is 361 g/mol. The van der Waals surface area contributed by atoms with Crippen molar-refractivity contribution in [2.45, 2.75) is 32.0 Å². The normalized spacial score (nSPS) is 26.8. The van der Waals surface area contributed by atoms with Gasteiger partial charge in [-0.1, -0.05) is 18.2 Å². The first-order chi connectivity index (χ1) is 12.0. The van der Waals surface area contributed by atoms with Gasteiger partial charge in [0.1, 0.15) is 5.75 Å². The standard InChI is InChI=1S/C15H21NO3.C5H6S/c17-13-3-1-10(2-4-13)15(19)9-16-7-11-5-14(18)6-12(11)8-16;1-5-3-2-4-6-5/h1-4,11-12,14-15,17-19H,5-9H2;2-4H,1H3. The van der Waals surface area contributed by atoms with Gasteiger partial charge in [-0.25, -0.2) is 0 Å². The van der Waals surface area contributed by atoms with Crippen molar-refractivity contribution in [2.75, 3.05) is 19.6 Å². The number of aliphatic hydroxyl groups excluding tert-OH is 2. The van der Waals surface area contributed by atoms with Crippen LogP contribution in [0.15, 0.2) is 41.8 Å². The van der Waals surface area contributed by atoms with E-state index in [0.29, 0.717) is 18.4 Å². The number of fused-ring (bicyclic) bond motifs is 1. The van der Waals surface area contributed by atoms with Gasteiger partial charge >= 0.3 is 0 Å². The largest absolute Gasteiger partial charge is 0.508 e. The first-order valence-electron chi connectivity index (χ1n) is 8.88. The summed E-state index contributed by atoms with van der Waals surface area (Å²) in [4.78, 5) is 3.67. The summed E-state index contributed by atoms with van der Waals surface area (Å²) in [6.07, 6.45) is 1.20. The molecule has 2 aliphatic rings. The molecule has 1 aromatic heterocycles. The average molecular weight is 362 g/mol. The van der Waals surface area contributed by atoms with Crippen LogP contribution in [0.4, 0.5) is 0 Å². The Kier molecular flexibility index (Phi) is 6.12. The van der Waals surface area contributed by atoms with Crippen molar-refractivity contribution < 1.29 is 15.3 Å². The predicted octanol–water partition coefficient (Wildman–Crippen LogP) is 3.18. The number of rotatable bonds is 3. The molecular formula is C20H27NO3S. The minimum atomic E-state index is -0.510. The van der Waals surface area contributed by atoms with Gasteiger partial charge in [0.25, 0.3) is 0 Å². The molecule has 1 aliphatic heterocycles. The molecule has 4 rings (SSSR count). The third kappa shape index (κ3) is 5.05. The van der Waals surface area contributed by atoms with Crippen LogP contribution < -0.4 is 0 Å². The van der Waals surface area contributed by atoms with E-state index in [1.54, 1.807) is 35.6 Å². The molecule has 136 valence electrons. The van der Waals surface area contributed by atoms with E-state index in [2.05, 4.69) is 29.3 Å². The molecule has 1 saturated carbocycles. The number of likely N-dealkylation sites (tertiary alicyclic amines) is 1. The number of phenols is 1. The summed E-state index contributed by atoms with van der Waals surface area (Å²) in [6, 6.07) is 10.9. The zero-order chi connectivity index (χ0) is 17.8. The fourth-order valence-corrected chi connectivity index (χ4v) is 4.45. The third-order valence-corrected chi connectivity index (χ3v) is 5.98. The van der Waals surface area contributed by atoms with E-state index in [4.69, 9.17) is 0 Å². The zero-order valence-electron chi connectivity index (χ0n) is 14.6. The lowest BCUT2D eigenvalue weighted by Crippen LogP contribution is -2.28. The minimum Gasteiger partial charge on any atom is -0.508 e. The predicted molar refractivity (Wildman–Crippen MR) is 101 cm³/mol. The zero-order valence-corrected chi connectivity index (χ0v) is 15.4. The van der Waals surface area contributed by atoms with E-state index in [1.165, 1.54) is 4.88 Å². The molecule has 3 atom stereocenters. The highest BCUT2D eigenvalue weighted by atomic mass is 32.1. The summed E-state index contributed by atoms with van der Waals surface area (Å²) in [5.41, 5.74) is 0.842. The summed E-state index contributed by atoms with van der Waals surface area (Å²) in [5.74, 6) is 1.42. The van der Waals surface area contributed by atoms with Gasteiger partial charge in [-0.3, -0.25) is 4.90 Å². The summed E-state index contributed by atoms with van der Waals surface area (Å²) in [6.45, 7) is 4.70. The maximum Gasteiger partial charge on any atom is 0.115 e. The number of nitrogens with zero attached hydrogens (tertiary/aromatic N) is 1. The van der Waals surface area contributed by atoms with Crippen LogP contribution in [-0.4, -0.2) is 46.0 Å². The van der Waals surface area contributed by atoms with Crippen LogP contribution >= 0.6 is 11.3 Å². The Balaban J connectivity index is 0.000000258. The van der Waals surface area contributed by atoms with Gasteiger partial charge < -0.3 is 15.3 Å². The lowest BCUT2D eigenvalue weighted by molar-refractivity contribution is 0.113. The van der Waals surface area contributed by atoms with Crippen LogP contribution in [0.5, 0.6) is 5.75 Å². The summed E-state index contributed by atoms with van der Waals surface area (Å²) >= 11 is 1.78. The second-order valence-corrected chi connectivity index (χ2v) is 8.35. The lowest BCUT2D eigenvalue weighted by atomic mass is 10.0. The molecule has 1 aromatic carbocycles.